The normalized spacial score (nSPS) is 23.7. The zero-order valence-electron chi connectivity index (χ0n) is 18.8. The Morgan fingerprint density at radius 1 is 1.26 bits per heavy atom. The number of hydrogen-bond donors (Lipinski definition) is 1. The van der Waals surface area contributed by atoms with Crippen LogP contribution in [0.4, 0.5) is 0 Å². The van der Waals surface area contributed by atoms with E-state index >= 15 is 0 Å². The van der Waals surface area contributed by atoms with Crippen molar-refractivity contribution in [3.63, 3.8) is 0 Å². The van der Waals surface area contributed by atoms with Gasteiger partial charge in [-0.25, -0.2) is 0 Å². The van der Waals surface area contributed by atoms with E-state index in [1.165, 1.54) is 16.6 Å². The molecule has 2 saturated heterocycles. The maximum atomic E-state index is 12.1. The standard InChI is InChI=1S/C24H33N3O4/c1-16(29)27-14-24(15-27)13-26(11-17-6-8-31-9-7-17)21(12-28)23-22(24)19-5-4-18(30-3)10-20(19)25(23)2/h4-5,10,17,21,28H,6-9,11-15H2,1-3H3/t21-/m1/s1. The van der Waals surface area contributed by atoms with Gasteiger partial charge in [-0.05, 0) is 36.5 Å². The molecule has 2 aromatic rings. The molecule has 7 nitrogen and oxygen atoms in total. The average Bonchev–Trinajstić information content (AvgIpc) is 3.04. The molecule has 0 bridgehead atoms. The number of hydrogen-bond acceptors (Lipinski definition) is 5. The van der Waals surface area contributed by atoms with E-state index < -0.39 is 0 Å². The van der Waals surface area contributed by atoms with E-state index in [1.807, 2.05) is 11.0 Å². The Bertz CT molecular complexity index is 988. The van der Waals surface area contributed by atoms with Crippen molar-refractivity contribution in [2.24, 2.45) is 13.0 Å². The second-order valence-electron chi connectivity index (χ2n) is 9.54. The molecule has 7 heteroatoms. The number of fused-ring (bicyclic) bond motifs is 4. The SMILES string of the molecule is COc1ccc2c3c(n(C)c2c1)[C@@H](CO)N(CC1CCOCC1)CC31CN(C(C)=O)C1. The fourth-order valence-corrected chi connectivity index (χ4v) is 6.08. The van der Waals surface area contributed by atoms with Gasteiger partial charge in [0.2, 0.25) is 5.91 Å². The van der Waals surface area contributed by atoms with Gasteiger partial charge in [0.1, 0.15) is 5.75 Å². The predicted octanol–water partition coefficient (Wildman–Crippen LogP) is 2.06. The van der Waals surface area contributed by atoms with Gasteiger partial charge in [0, 0.05) is 75.9 Å². The van der Waals surface area contributed by atoms with E-state index in [1.54, 1.807) is 14.0 Å². The lowest BCUT2D eigenvalue weighted by atomic mass is 9.68. The van der Waals surface area contributed by atoms with Crippen LogP contribution in [0.15, 0.2) is 18.2 Å². The Balaban J connectivity index is 1.61. The Labute approximate surface area is 183 Å². The molecule has 2 fully saturated rings. The average molecular weight is 428 g/mol. The third-order valence-electron chi connectivity index (χ3n) is 7.68. The molecule has 0 saturated carbocycles. The summed E-state index contributed by atoms with van der Waals surface area (Å²) in [7, 11) is 3.78. The molecular weight excluding hydrogens is 394 g/mol. The first-order valence-electron chi connectivity index (χ1n) is 11.3. The van der Waals surface area contributed by atoms with Crippen molar-refractivity contribution in [3.05, 3.63) is 29.5 Å². The molecule has 168 valence electrons. The summed E-state index contributed by atoms with van der Waals surface area (Å²) in [6.07, 6.45) is 2.14. The van der Waals surface area contributed by atoms with E-state index in [2.05, 4.69) is 28.6 Å². The van der Waals surface area contributed by atoms with Crippen molar-refractivity contribution in [1.82, 2.24) is 14.4 Å². The molecule has 1 aromatic heterocycles. The molecule has 0 aliphatic carbocycles. The number of aromatic nitrogens is 1. The Hall–Kier alpha value is -2.09. The maximum Gasteiger partial charge on any atom is 0.219 e. The summed E-state index contributed by atoms with van der Waals surface area (Å²) >= 11 is 0. The summed E-state index contributed by atoms with van der Waals surface area (Å²) < 4.78 is 13.3. The highest BCUT2D eigenvalue weighted by Crippen LogP contribution is 2.49. The molecule has 3 aliphatic rings. The van der Waals surface area contributed by atoms with Crippen molar-refractivity contribution in [1.29, 1.82) is 0 Å². The number of carbonyl (C=O) groups is 1. The predicted molar refractivity (Wildman–Crippen MR) is 118 cm³/mol. The van der Waals surface area contributed by atoms with E-state index in [0.717, 1.165) is 63.5 Å². The summed E-state index contributed by atoms with van der Waals surface area (Å²) in [5, 5.41) is 11.7. The van der Waals surface area contributed by atoms with Gasteiger partial charge in [-0.1, -0.05) is 0 Å². The van der Waals surface area contributed by atoms with Gasteiger partial charge in [0.05, 0.1) is 25.3 Å². The number of amides is 1. The van der Waals surface area contributed by atoms with Crippen LogP contribution in [0, 0.1) is 5.92 Å². The van der Waals surface area contributed by atoms with Crippen LogP contribution in [0.2, 0.25) is 0 Å². The Morgan fingerprint density at radius 2 is 2.00 bits per heavy atom. The third-order valence-corrected chi connectivity index (χ3v) is 7.68. The zero-order valence-corrected chi connectivity index (χ0v) is 18.8. The molecule has 1 aromatic carbocycles. The lowest BCUT2D eigenvalue weighted by Crippen LogP contribution is -2.67. The van der Waals surface area contributed by atoms with Crippen LogP contribution in [0.5, 0.6) is 5.75 Å². The molecule has 0 unspecified atom stereocenters. The number of aliphatic hydroxyl groups excluding tert-OH is 1. The Kier molecular flexibility index (Phi) is 5.23. The molecule has 31 heavy (non-hydrogen) atoms. The number of rotatable bonds is 4. The second kappa shape index (κ2) is 7.80. The lowest BCUT2D eigenvalue weighted by molar-refractivity contribution is -0.138. The molecule has 1 N–H and O–H groups in total. The quantitative estimate of drug-likeness (QED) is 0.809. The number of nitrogens with zero attached hydrogens (tertiary/aromatic N) is 3. The van der Waals surface area contributed by atoms with Gasteiger partial charge in [0.25, 0.3) is 0 Å². The summed E-state index contributed by atoms with van der Waals surface area (Å²) in [5.41, 5.74) is 3.53. The minimum atomic E-state index is -0.0913. The first kappa shape index (κ1) is 20.8. The smallest absolute Gasteiger partial charge is 0.219 e. The van der Waals surface area contributed by atoms with Crippen LogP contribution in [-0.4, -0.2) is 78.5 Å². The van der Waals surface area contributed by atoms with Crippen molar-refractivity contribution in [3.8, 4) is 5.75 Å². The summed E-state index contributed by atoms with van der Waals surface area (Å²) in [5.74, 6) is 1.55. The van der Waals surface area contributed by atoms with Crippen molar-refractivity contribution < 1.29 is 19.4 Å². The monoisotopic (exact) mass is 427 g/mol. The van der Waals surface area contributed by atoms with Gasteiger partial charge in [-0.15, -0.1) is 0 Å². The maximum absolute atomic E-state index is 12.1. The van der Waals surface area contributed by atoms with Crippen LogP contribution < -0.4 is 4.74 Å². The zero-order chi connectivity index (χ0) is 21.8. The minimum Gasteiger partial charge on any atom is -0.497 e. The molecule has 1 amide bonds. The third kappa shape index (κ3) is 3.25. The fourth-order valence-electron chi connectivity index (χ4n) is 6.08. The molecule has 0 radical (unpaired) electrons. The number of likely N-dealkylation sites (tertiary alicyclic amines) is 1. The van der Waals surface area contributed by atoms with Crippen LogP contribution in [0.25, 0.3) is 10.9 Å². The van der Waals surface area contributed by atoms with E-state index in [0.29, 0.717) is 5.92 Å². The minimum absolute atomic E-state index is 0.0433. The second-order valence-corrected chi connectivity index (χ2v) is 9.54. The number of benzene rings is 1. The van der Waals surface area contributed by atoms with Crippen LogP contribution >= 0.6 is 0 Å². The summed E-state index contributed by atoms with van der Waals surface area (Å²) in [4.78, 5) is 16.5. The molecule has 3 aliphatic heterocycles. The molecular formula is C24H33N3O4. The highest BCUT2D eigenvalue weighted by Gasteiger charge is 2.54. The van der Waals surface area contributed by atoms with Crippen LogP contribution in [0.3, 0.4) is 0 Å². The topological polar surface area (TPSA) is 67.2 Å². The number of ether oxygens (including phenoxy) is 2. The molecule has 1 spiro atoms. The Morgan fingerprint density at radius 3 is 2.65 bits per heavy atom. The molecule has 1 atom stereocenters. The first-order valence-corrected chi connectivity index (χ1v) is 11.3. The fraction of sp³-hybridized carbons (Fsp3) is 0.625. The van der Waals surface area contributed by atoms with Crippen molar-refractivity contribution >= 4 is 16.8 Å². The van der Waals surface area contributed by atoms with Crippen LogP contribution in [-0.2, 0) is 22.0 Å². The number of carbonyl (C=O) groups excluding carboxylic acids is 1. The number of aryl methyl sites for hydroxylation is 1. The van der Waals surface area contributed by atoms with E-state index in [9.17, 15) is 9.90 Å². The number of aliphatic hydroxyl groups is 1. The van der Waals surface area contributed by atoms with Gasteiger partial charge in [0.15, 0.2) is 0 Å². The summed E-state index contributed by atoms with van der Waals surface area (Å²) in [6.45, 7) is 6.70. The van der Waals surface area contributed by atoms with E-state index in [-0.39, 0.29) is 24.0 Å². The highest BCUT2D eigenvalue weighted by molar-refractivity contribution is 5.89. The van der Waals surface area contributed by atoms with Crippen molar-refractivity contribution in [2.75, 3.05) is 53.1 Å². The number of methoxy groups -OCH3 is 1. The van der Waals surface area contributed by atoms with Gasteiger partial charge in [-0.3, -0.25) is 9.69 Å². The van der Waals surface area contributed by atoms with Gasteiger partial charge >= 0.3 is 0 Å². The highest BCUT2D eigenvalue weighted by atomic mass is 16.5. The van der Waals surface area contributed by atoms with Gasteiger partial charge in [-0.2, -0.15) is 0 Å². The largest absolute Gasteiger partial charge is 0.497 e. The summed E-state index contributed by atoms with van der Waals surface area (Å²) in [6, 6.07) is 6.20. The molecule has 5 rings (SSSR count). The van der Waals surface area contributed by atoms with Crippen LogP contribution in [0.1, 0.15) is 37.1 Å². The van der Waals surface area contributed by atoms with Crippen molar-refractivity contribution in [2.45, 2.75) is 31.2 Å². The van der Waals surface area contributed by atoms with Gasteiger partial charge < -0.3 is 24.0 Å². The lowest BCUT2D eigenvalue weighted by Gasteiger charge is -2.56. The molecule has 4 heterocycles. The first-order chi connectivity index (χ1) is 15.0. The van der Waals surface area contributed by atoms with E-state index in [4.69, 9.17) is 9.47 Å².